The minimum Gasteiger partial charge on any atom is -0.391 e. The number of H-pyrrole nitrogens is 1. The SMILES string of the molecule is Cc1cc(N)sc1-c1nc2c(Cl)cccc2[nH]1. The van der Waals surface area contributed by atoms with Crippen molar-refractivity contribution in [3.8, 4) is 10.7 Å². The number of halogens is 1. The number of nitrogen functional groups attached to an aromatic ring is 1. The fourth-order valence-corrected chi connectivity index (χ4v) is 2.95. The smallest absolute Gasteiger partial charge is 0.149 e. The van der Waals surface area contributed by atoms with E-state index in [4.69, 9.17) is 17.3 Å². The molecule has 0 atom stereocenters. The van der Waals surface area contributed by atoms with E-state index in [1.54, 1.807) is 0 Å². The molecule has 3 nitrogen and oxygen atoms in total. The van der Waals surface area contributed by atoms with E-state index < -0.39 is 0 Å². The molecule has 0 radical (unpaired) electrons. The molecule has 0 fully saturated rings. The van der Waals surface area contributed by atoms with Gasteiger partial charge in [0.25, 0.3) is 0 Å². The maximum atomic E-state index is 6.10. The number of hydrogen-bond donors (Lipinski definition) is 2. The second kappa shape index (κ2) is 3.75. The van der Waals surface area contributed by atoms with Crippen LogP contribution in [0.15, 0.2) is 24.3 Å². The minimum absolute atomic E-state index is 0.659. The van der Waals surface area contributed by atoms with E-state index in [0.717, 1.165) is 32.3 Å². The van der Waals surface area contributed by atoms with Crippen molar-refractivity contribution in [2.24, 2.45) is 0 Å². The van der Waals surface area contributed by atoms with Gasteiger partial charge in [-0.25, -0.2) is 4.98 Å². The van der Waals surface area contributed by atoms with Crippen LogP contribution in [0.2, 0.25) is 5.02 Å². The second-order valence-electron chi connectivity index (χ2n) is 3.88. The Bertz CT molecular complexity index is 699. The summed E-state index contributed by atoms with van der Waals surface area (Å²) in [4.78, 5) is 8.85. The number of rotatable bonds is 1. The van der Waals surface area contributed by atoms with Crippen molar-refractivity contribution in [2.45, 2.75) is 6.92 Å². The van der Waals surface area contributed by atoms with Crippen molar-refractivity contribution in [1.29, 1.82) is 0 Å². The highest BCUT2D eigenvalue weighted by molar-refractivity contribution is 7.19. The topological polar surface area (TPSA) is 54.7 Å². The zero-order chi connectivity index (χ0) is 12.0. The Morgan fingerprint density at radius 2 is 2.24 bits per heavy atom. The molecular weight excluding hydrogens is 254 g/mol. The molecule has 3 aromatic rings. The van der Waals surface area contributed by atoms with Crippen molar-refractivity contribution in [3.63, 3.8) is 0 Å². The average molecular weight is 264 g/mol. The number of imidazole rings is 1. The summed E-state index contributed by atoms with van der Waals surface area (Å²) in [5, 5.41) is 1.45. The van der Waals surface area contributed by atoms with E-state index in [2.05, 4.69) is 9.97 Å². The number of hydrogen-bond acceptors (Lipinski definition) is 3. The molecule has 86 valence electrons. The summed E-state index contributed by atoms with van der Waals surface area (Å²) in [5.74, 6) is 0.826. The van der Waals surface area contributed by atoms with E-state index in [9.17, 15) is 0 Å². The fourth-order valence-electron chi connectivity index (χ4n) is 1.85. The largest absolute Gasteiger partial charge is 0.391 e. The van der Waals surface area contributed by atoms with Crippen LogP contribution in [0.5, 0.6) is 0 Å². The number of aromatic amines is 1. The minimum atomic E-state index is 0.659. The van der Waals surface area contributed by atoms with Crippen LogP contribution in [-0.4, -0.2) is 9.97 Å². The predicted octanol–water partition coefficient (Wildman–Crippen LogP) is 3.84. The van der Waals surface area contributed by atoms with Crippen LogP contribution in [0.4, 0.5) is 5.00 Å². The second-order valence-corrected chi connectivity index (χ2v) is 5.37. The monoisotopic (exact) mass is 263 g/mol. The van der Waals surface area contributed by atoms with Crippen LogP contribution >= 0.6 is 22.9 Å². The number of para-hydroxylation sites is 1. The van der Waals surface area contributed by atoms with Crippen LogP contribution in [-0.2, 0) is 0 Å². The molecule has 17 heavy (non-hydrogen) atoms. The summed E-state index contributed by atoms with van der Waals surface area (Å²) >= 11 is 7.63. The molecule has 3 N–H and O–H groups in total. The van der Waals surface area contributed by atoms with Crippen molar-refractivity contribution >= 4 is 39.0 Å². The molecule has 2 heterocycles. The quantitative estimate of drug-likeness (QED) is 0.701. The Labute approximate surface area is 107 Å². The number of nitrogens with zero attached hydrogens (tertiary/aromatic N) is 1. The normalized spacial score (nSPS) is 11.2. The Balaban J connectivity index is 2.25. The highest BCUT2D eigenvalue weighted by Gasteiger charge is 2.12. The first-order valence-corrected chi connectivity index (χ1v) is 6.35. The Morgan fingerprint density at radius 1 is 1.41 bits per heavy atom. The van der Waals surface area contributed by atoms with Gasteiger partial charge in [-0.3, -0.25) is 0 Å². The number of anilines is 1. The third-order valence-electron chi connectivity index (χ3n) is 2.62. The van der Waals surface area contributed by atoms with Gasteiger partial charge >= 0.3 is 0 Å². The van der Waals surface area contributed by atoms with Crippen molar-refractivity contribution in [2.75, 3.05) is 5.73 Å². The molecule has 0 aliphatic heterocycles. The first-order valence-electron chi connectivity index (χ1n) is 5.15. The van der Waals surface area contributed by atoms with E-state index >= 15 is 0 Å². The van der Waals surface area contributed by atoms with Gasteiger partial charge in [-0.1, -0.05) is 17.7 Å². The van der Waals surface area contributed by atoms with Gasteiger partial charge in [-0.15, -0.1) is 11.3 Å². The van der Waals surface area contributed by atoms with Crippen LogP contribution in [0.3, 0.4) is 0 Å². The molecule has 2 aromatic heterocycles. The van der Waals surface area contributed by atoms with Crippen molar-refractivity contribution in [1.82, 2.24) is 9.97 Å². The zero-order valence-electron chi connectivity index (χ0n) is 9.12. The van der Waals surface area contributed by atoms with E-state index in [-0.39, 0.29) is 0 Å². The van der Waals surface area contributed by atoms with Crippen molar-refractivity contribution in [3.05, 3.63) is 34.9 Å². The molecule has 0 amide bonds. The van der Waals surface area contributed by atoms with Gasteiger partial charge in [0, 0.05) is 0 Å². The number of benzene rings is 1. The maximum Gasteiger partial charge on any atom is 0.149 e. The van der Waals surface area contributed by atoms with Gasteiger partial charge in [0.15, 0.2) is 0 Å². The molecule has 0 bridgehead atoms. The lowest BCUT2D eigenvalue weighted by molar-refractivity contribution is 1.34. The molecule has 1 aromatic carbocycles. The first-order chi connectivity index (χ1) is 8.15. The third kappa shape index (κ3) is 1.69. The van der Waals surface area contributed by atoms with E-state index in [1.165, 1.54) is 11.3 Å². The lowest BCUT2D eigenvalue weighted by atomic mass is 10.3. The highest BCUT2D eigenvalue weighted by atomic mass is 35.5. The summed E-state index contributed by atoms with van der Waals surface area (Å²) in [5.41, 5.74) is 8.66. The number of nitrogens with two attached hydrogens (primary N) is 1. The maximum absolute atomic E-state index is 6.10. The molecular formula is C12H10ClN3S. The van der Waals surface area contributed by atoms with Gasteiger partial charge in [0.2, 0.25) is 0 Å². The number of aryl methyl sites for hydroxylation is 1. The molecule has 0 aliphatic carbocycles. The molecule has 0 unspecified atom stereocenters. The standard InChI is InChI=1S/C12H10ClN3S/c1-6-5-9(14)17-11(6)12-15-8-4-2-3-7(13)10(8)16-12/h2-5H,14H2,1H3,(H,15,16). The molecule has 0 saturated heterocycles. The Hall–Kier alpha value is -1.52. The first kappa shape index (κ1) is 10.6. The molecule has 0 aliphatic rings. The summed E-state index contributed by atoms with van der Waals surface area (Å²) in [6.45, 7) is 2.02. The van der Waals surface area contributed by atoms with Gasteiger partial charge in [-0.2, -0.15) is 0 Å². The van der Waals surface area contributed by atoms with Crippen LogP contribution in [0.25, 0.3) is 21.7 Å². The molecule has 0 saturated carbocycles. The molecule has 3 rings (SSSR count). The van der Waals surface area contributed by atoms with Gasteiger partial charge in [0.1, 0.15) is 11.3 Å². The van der Waals surface area contributed by atoms with Crippen LogP contribution in [0, 0.1) is 6.92 Å². The van der Waals surface area contributed by atoms with Gasteiger partial charge < -0.3 is 10.7 Å². The van der Waals surface area contributed by atoms with Crippen LogP contribution < -0.4 is 5.73 Å². The third-order valence-corrected chi connectivity index (χ3v) is 3.99. The average Bonchev–Trinajstić information content (AvgIpc) is 2.82. The van der Waals surface area contributed by atoms with Gasteiger partial charge in [-0.05, 0) is 30.7 Å². The fraction of sp³-hybridized carbons (Fsp3) is 0.0833. The number of aromatic nitrogens is 2. The summed E-state index contributed by atoms with van der Waals surface area (Å²) < 4.78 is 0. The Kier molecular flexibility index (Phi) is 2.34. The predicted molar refractivity (Wildman–Crippen MR) is 73.6 cm³/mol. The summed E-state index contributed by atoms with van der Waals surface area (Å²) in [6, 6.07) is 7.66. The highest BCUT2D eigenvalue weighted by Crippen LogP contribution is 2.34. The Morgan fingerprint density at radius 3 is 2.88 bits per heavy atom. The summed E-state index contributed by atoms with van der Waals surface area (Å²) in [6.07, 6.45) is 0. The van der Waals surface area contributed by atoms with E-state index in [1.807, 2.05) is 31.2 Å². The summed E-state index contributed by atoms with van der Waals surface area (Å²) in [7, 11) is 0. The lowest BCUT2D eigenvalue weighted by Gasteiger charge is -1.91. The number of thiophene rings is 1. The van der Waals surface area contributed by atoms with Crippen LogP contribution in [0.1, 0.15) is 5.56 Å². The lowest BCUT2D eigenvalue weighted by Crippen LogP contribution is -1.77. The zero-order valence-corrected chi connectivity index (χ0v) is 10.7. The molecule has 0 spiro atoms. The van der Waals surface area contributed by atoms with E-state index in [0.29, 0.717) is 5.02 Å². The number of nitrogens with one attached hydrogen (secondary N) is 1. The molecule has 5 heteroatoms. The van der Waals surface area contributed by atoms with Gasteiger partial charge in [0.05, 0.1) is 20.4 Å². The van der Waals surface area contributed by atoms with Crippen molar-refractivity contribution < 1.29 is 0 Å². The number of fused-ring (bicyclic) bond motifs is 1.